The maximum atomic E-state index is 11.0. The highest BCUT2D eigenvalue weighted by Gasteiger charge is 2.11. The van der Waals surface area contributed by atoms with Gasteiger partial charge in [-0.3, -0.25) is 0 Å². The molecule has 0 unspecified atom stereocenters. The van der Waals surface area contributed by atoms with E-state index in [0.717, 1.165) is 5.82 Å². The summed E-state index contributed by atoms with van der Waals surface area (Å²) in [5, 5.41) is 9.01. The van der Waals surface area contributed by atoms with E-state index in [9.17, 15) is 4.79 Å². The standard InChI is InChI=1S/C13H14N2O3/c1-9-10(13(16)17)4-3-5-11(9)18-8-12-14-6-7-15(12)2/h3-7H,8H2,1-2H3,(H,16,17). The van der Waals surface area contributed by atoms with Gasteiger partial charge in [-0.2, -0.15) is 0 Å². The van der Waals surface area contributed by atoms with Crippen LogP contribution in [0.15, 0.2) is 30.6 Å². The maximum absolute atomic E-state index is 11.0. The van der Waals surface area contributed by atoms with E-state index >= 15 is 0 Å². The summed E-state index contributed by atoms with van der Waals surface area (Å²) in [4.78, 5) is 15.1. The topological polar surface area (TPSA) is 64.4 Å². The monoisotopic (exact) mass is 246 g/mol. The molecule has 1 N–H and O–H groups in total. The molecule has 0 saturated heterocycles. The van der Waals surface area contributed by atoms with E-state index in [4.69, 9.17) is 9.84 Å². The molecule has 0 radical (unpaired) electrons. The van der Waals surface area contributed by atoms with Crippen LogP contribution in [0.5, 0.6) is 5.75 Å². The molecule has 2 rings (SSSR count). The summed E-state index contributed by atoms with van der Waals surface area (Å²) >= 11 is 0. The summed E-state index contributed by atoms with van der Waals surface area (Å²) in [5.74, 6) is 0.406. The second kappa shape index (κ2) is 4.91. The SMILES string of the molecule is Cc1c(OCc2nccn2C)cccc1C(=O)O. The lowest BCUT2D eigenvalue weighted by molar-refractivity contribution is 0.0695. The summed E-state index contributed by atoms with van der Waals surface area (Å²) in [5.41, 5.74) is 0.881. The highest BCUT2D eigenvalue weighted by molar-refractivity contribution is 5.90. The normalized spacial score (nSPS) is 10.3. The first kappa shape index (κ1) is 12.2. The average molecular weight is 246 g/mol. The lowest BCUT2D eigenvalue weighted by Crippen LogP contribution is -2.06. The van der Waals surface area contributed by atoms with E-state index in [2.05, 4.69) is 4.98 Å². The van der Waals surface area contributed by atoms with E-state index in [1.165, 1.54) is 0 Å². The molecule has 0 bridgehead atoms. The van der Waals surface area contributed by atoms with Gasteiger partial charge in [0.15, 0.2) is 0 Å². The minimum absolute atomic E-state index is 0.257. The van der Waals surface area contributed by atoms with Gasteiger partial charge in [0.2, 0.25) is 0 Å². The Labute approximate surface area is 105 Å². The van der Waals surface area contributed by atoms with Crippen molar-refractivity contribution in [3.05, 3.63) is 47.5 Å². The Hall–Kier alpha value is -2.30. The van der Waals surface area contributed by atoms with Gasteiger partial charge in [-0.15, -0.1) is 0 Å². The number of carboxylic acids is 1. The Kier molecular flexibility index (Phi) is 3.32. The second-order valence-corrected chi connectivity index (χ2v) is 3.98. The highest BCUT2D eigenvalue weighted by atomic mass is 16.5. The summed E-state index contributed by atoms with van der Waals surface area (Å²) in [6.07, 6.45) is 3.53. The zero-order valence-electron chi connectivity index (χ0n) is 10.3. The molecule has 2 aromatic rings. The van der Waals surface area contributed by atoms with Crippen LogP contribution in [0.4, 0.5) is 0 Å². The van der Waals surface area contributed by atoms with Crippen LogP contribution in [0, 0.1) is 6.92 Å². The minimum Gasteiger partial charge on any atom is -0.485 e. The quantitative estimate of drug-likeness (QED) is 0.896. The molecule has 5 nitrogen and oxygen atoms in total. The highest BCUT2D eigenvalue weighted by Crippen LogP contribution is 2.22. The molecule has 94 valence electrons. The number of carbonyl (C=O) groups is 1. The Morgan fingerprint density at radius 1 is 1.50 bits per heavy atom. The lowest BCUT2D eigenvalue weighted by atomic mass is 10.1. The van der Waals surface area contributed by atoms with Gasteiger partial charge < -0.3 is 14.4 Å². The summed E-state index contributed by atoms with van der Waals surface area (Å²) < 4.78 is 7.46. The molecular formula is C13H14N2O3. The Balaban J connectivity index is 2.17. The molecule has 0 amide bonds. The first-order valence-corrected chi connectivity index (χ1v) is 5.51. The summed E-state index contributed by atoms with van der Waals surface area (Å²) in [7, 11) is 1.88. The molecule has 5 heteroatoms. The summed E-state index contributed by atoms with van der Waals surface area (Å²) in [6.45, 7) is 2.05. The Morgan fingerprint density at radius 2 is 2.28 bits per heavy atom. The summed E-state index contributed by atoms with van der Waals surface area (Å²) in [6, 6.07) is 4.99. The number of rotatable bonds is 4. The molecule has 0 aliphatic carbocycles. The van der Waals surface area contributed by atoms with Crippen molar-refractivity contribution in [1.82, 2.24) is 9.55 Å². The fraction of sp³-hybridized carbons (Fsp3) is 0.231. The molecule has 0 aliphatic rings. The van der Waals surface area contributed by atoms with Gasteiger partial charge in [0.25, 0.3) is 0 Å². The second-order valence-electron chi connectivity index (χ2n) is 3.98. The number of imidazole rings is 1. The predicted octanol–water partition coefficient (Wildman–Crippen LogP) is 2.01. The number of aromatic nitrogens is 2. The number of hydrogen-bond donors (Lipinski definition) is 1. The van der Waals surface area contributed by atoms with Crippen molar-refractivity contribution < 1.29 is 14.6 Å². The van der Waals surface area contributed by atoms with Gasteiger partial charge >= 0.3 is 5.97 Å². The number of aromatic carboxylic acids is 1. The van der Waals surface area contributed by atoms with Gasteiger partial charge in [0.1, 0.15) is 18.2 Å². The molecule has 1 aromatic heterocycles. The molecule has 0 saturated carbocycles. The molecule has 0 aliphatic heterocycles. The third-order valence-corrected chi connectivity index (χ3v) is 2.79. The van der Waals surface area contributed by atoms with Gasteiger partial charge in [-0.05, 0) is 19.1 Å². The fourth-order valence-electron chi connectivity index (χ4n) is 1.68. The van der Waals surface area contributed by atoms with Crippen LogP contribution in [0.3, 0.4) is 0 Å². The van der Waals surface area contributed by atoms with Crippen LogP contribution < -0.4 is 4.74 Å². The van der Waals surface area contributed by atoms with Gasteiger partial charge in [-0.25, -0.2) is 9.78 Å². The van der Waals surface area contributed by atoms with Crippen molar-refractivity contribution in [2.45, 2.75) is 13.5 Å². The minimum atomic E-state index is -0.949. The zero-order chi connectivity index (χ0) is 13.1. The van der Waals surface area contributed by atoms with E-state index in [1.807, 2.05) is 17.8 Å². The number of carboxylic acid groups (broad SMARTS) is 1. The van der Waals surface area contributed by atoms with Gasteiger partial charge in [0, 0.05) is 25.0 Å². The van der Waals surface area contributed by atoms with Crippen LogP contribution in [0.25, 0.3) is 0 Å². The number of nitrogens with zero attached hydrogens (tertiary/aromatic N) is 2. The van der Waals surface area contributed by atoms with Gasteiger partial charge in [-0.1, -0.05) is 6.07 Å². The number of aryl methyl sites for hydroxylation is 1. The molecule has 0 fully saturated rings. The Bertz CT molecular complexity index is 575. The van der Waals surface area contributed by atoms with Crippen LogP contribution in [0.2, 0.25) is 0 Å². The van der Waals surface area contributed by atoms with Crippen LogP contribution in [0.1, 0.15) is 21.7 Å². The van der Waals surface area contributed by atoms with Gasteiger partial charge in [0.05, 0.1) is 5.56 Å². The van der Waals surface area contributed by atoms with E-state index in [1.54, 1.807) is 31.3 Å². The smallest absolute Gasteiger partial charge is 0.336 e. The van der Waals surface area contributed by atoms with E-state index in [0.29, 0.717) is 17.9 Å². The number of hydrogen-bond acceptors (Lipinski definition) is 3. The zero-order valence-corrected chi connectivity index (χ0v) is 10.3. The van der Waals surface area contributed by atoms with Crippen molar-refractivity contribution in [3.8, 4) is 5.75 Å². The first-order valence-electron chi connectivity index (χ1n) is 5.51. The third-order valence-electron chi connectivity index (χ3n) is 2.79. The van der Waals surface area contributed by atoms with Crippen molar-refractivity contribution in [1.29, 1.82) is 0 Å². The molecule has 18 heavy (non-hydrogen) atoms. The molecule has 1 heterocycles. The lowest BCUT2D eigenvalue weighted by Gasteiger charge is -2.10. The number of benzene rings is 1. The van der Waals surface area contributed by atoms with Crippen molar-refractivity contribution in [2.75, 3.05) is 0 Å². The maximum Gasteiger partial charge on any atom is 0.336 e. The van der Waals surface area contributed by atoms with E-state index in [-0.39, 0.29) is 5.56 Å². The van der Waals surface area contributed by atoms with Crippen molar-refractivity contribution in [3.63, 3.8) is 0 Å². The van der Waals surface area contributed by atoms with Crippen molar-refractivity contribution in [2.24, 2.45) is 7.05 Å². The molecule has 0 atom stereocenters. The average Bonchev–Trinajstić information content (AvgIpc) is 2.73. The van der Waals surface area contributed by atoms with Crippen molar-refractivity contribution >= 4 is 5.97 Å². The van der Waals surface area contributed by atoms with Crippen LogP contribution in [-0.2, 0) is 13.7 Å². The molecule has 0 spiro atoms. The largest absolute Gasteiger partial charge is 0.485 e. The van der Waals surface area contributed by atoms with Crippen LogP contribution in [-0.4, -0.2) is 20.6 Å². The molecule has 1 aromatic carbocycles. The Morgan fingerprint density at radius 3 is 2.89 bits per heavy atom. The van der Waals surface area contributed by atoms with E-state index < -0.39 is 5.97 Å². The fourth-order valence-corrected chi connectivity index (χ4v) is 1.68. The first-order chi connectivity index (χ1) is 8.59. The molecular weight excluding hydrogens is 232 g/mol. The number of ether oxygens (including phenoxy) is 1. The predicted molar refractivity (Wildman–Crippen MR) is 65.7 cm³/mol. The van der Waals surface area contributed by atoms with Crippen LogP contribution >= 0.6 is 0 Å². The third kappa shape index (κ3) is 2.34.